The minimum Gasteiger partial charge on any atom is -0.410 e. The third-order valence-corrected chi connectivity index (χ3v) is 3.66. The first kappa shape index (κ1) is 17.3. The molecular weight excluding hydrogens is 334 g/mol. The summed E-state index contributed by atoms with van der Waals surface area (Å²) in [6, 6.07) is 10.4. The standard InChI is InChI=1S/C18H19N5O3/c1-19-17(24)20-13-6-9-16-21-15(11-23(16)10-13)12-4-7-14(8-5-12)26-18(25)22(2)3/h4-11H,1-3H3,(H2,19,20,24). The Bertz CT molecular complexity index is 947. The summed E-state index contributed by atoms with van der Waals surface area (Å²) in [5.74, 6) is 0.466. The van der Waals surface area contributed by atoms with Crippen LogP contribution in [-0.4, -0.2) is 47.6 Å². The molecule has 2 aromatic heterocycles. The van der Waals surface area contributed by atoms with Crippen LogP contribution in [0.2, 0.25) is 0 Å². The molecular formula is C18H19N5O3. The van der Waals surface area contributed by atoms with Crippen LogP contribution in [-0.2, 0) is 0 Å². The minimum atomic E-state index is -0.429. The first-order chi connectivity index (χ1) is 12.5. The Morgan fingerprint density at radius 2 is 1.81 bits per heavy atom. The zero-order chi connectivity index (χ0) is 18.7. The molecule has 0 fully saturated rings. The molecule has 134 valence electrons. The van der Waals surface area contributed by atoms with Gasteiger partial charge in [-0.25, -0.2) is 14.6 Å². The van der Waals surface area contributed by atoms with Crippen LogP contribution in [0.1, 0.15) is 0 Å². The van der Waals surface area contributed by atoms with Gasteiger partial charge in [-0.2, -0.15) is 0 Å². The average molecular weight is 353 g/mol. The fourth-order valence-corrected chi connectivity index (χ4v) is 2.28. The number of aromatic nitrogens is 2. The number of anilines is 1. The van der Waals surface area contributed by atoms with Crippen LogP contribution in [0.25, 0.3) is 16.9 Å². The van der Waals surface area contributed by atoms with Gasteiger partial charge in [0.25, 0.3) is 0 Å². The van der Waals surface area contributed by atoms with Gasteiger partial charge in [0.1, 0.15) is 11.4 Å². The fourth-order valence-electron chi connectivity index (χ4n) is 2.28. The topological polar surface area (TPSA) is 88.0 Å². The molecule has 8 heteroatoms. The van der Waals surface area contributed by atoms with Crippen molar-refractivity contribution in [3.63, 3.8) is 0 Å². The van der Waals surface area contributed by atoms with Gasteiger partial charge in [0, 0.05) is 39.1 Å². The molecule has 0 aliphatic carbocycles. The van der Waals surface area contributed by atoms with E-state index >= 15 is 0 Å². The number of nitrogens with zero attached hydrogens (tertiary/aromatic N) is 3. The molecule has 3 rings (SSSR count). The van der Waals surface area contributed by atoms with Crippen molar-refractivity contribution in [2.24, 2.45) is 0 Å². The zero-order valence-electron chi connectivity index (χ0n) is 14.7. The van der Waals surface area contributed by atoms with Crippen molar-refractivity contribution in [3.05, 3.63) is 48.8 Å². The van der Waals surface area contributed by atoms with E-state index in [1.165, 1.54) is 4.90 Å². The lowest BCUT2D eigenvalue weighted by molar-refractivity contribution is 0.172. The number of benzene rings is 1. The largest absolute Gasteiger partial charge is 0.414 e. The second-order valence-electron chi connectivity index (χ2n) is 5.80. The molecule has 0 spiro atoms. The van der Waals surface area contributed by atoms with Crippen molar-refractivity contribution in [2.75, 3.05) is 26.5 Å². The van der Waals surface area contributed by atoms with Crippen LogP contribution < -0.4 is 15.4 Å². The molecule has 0 radical (unpaired) electrons. The van der Waals surface area contributed by atoms with E-state index in [0.29, 0.717) is 11.4 Å². The first-order valence-electron chi connectivity index (χ1n) is 7.93. The second-order valence-corrected chi connectivity index (χ2v) is 5.80. The van der Waals surface area contributed by atoms with Crippen molar-refractivity contribution in [2.45, 2.75) is 0 Å². The number of hydrogen-bond donors (Lipinski definition) is 2. The molecule has 26 heavy (non-hydrogen) atoms. The summed E-state index contributed by atoms with van der Waals surface area (Å²) < 4.78 is 7.04. The van der Waals surface area contributed by atoms with Gasteiger partial charge < -0.3 is 24.7 Å². The highest BCUT2D eigenvalue weighted by atomic mass is 16.6. The summed E-state index contributed by atoms with van der Waals surface area (Å²) in [5.41, 5.74) is 3.07. The SMILES string of the molecule is CNC(=O)Nc1ccc2nc(-c3ccc(OC(=O)N(C)C)cc3)cn2c1. The van der Waals surface area contributed by atoms with Crippen molar-refractivity contribution >= 4 is 23.5 Å². The van der Waals surface area contributed by atoms with E-state index in [0.717, 1.165) is 16.9 Å². The van der Waals surface area contributed by atoms with Crippen LogP contribution in [0.4, 0.5) is 15.3 Å². The Morgan fingerprint density at radius 1 is 1.08 bits per heavy atom. The summed E-state index contributed by atoms with van der Waals surface area (Å²) >= 11 is 0. The molecule has 0 atom stereocenters. The van der Waals surface area contributed by atoms with Gasteiger partial charge in [-0.05, 0) is 36.4 Å². The molecule has 2 heterocycles. The Kier molecular flexibility index (Phi) is 4.74. The average Bonchev–Trinajstić information content (AvgIpc) is 3.05. The number of carbonyl (C=O) groups excluding carboxylic acids is 2. The van der Waals surface area contributed by atoms with Crippen LogP contribution in [0.3, 0.4) is 0 Å². The summed E-state index contributed by atoms with van der Waals surface area (Å²) in [4.78, 5) is 28.9. The predicted octanol–water partition coefficient (Wildman–Crippen LogP) is 2.81. The summed E-state index contributed by atoms with van der Waals surface area (Å²) in [5, 5.41) is 5.22. The number of imidazole rings is 1. The third-order valence-electron chi connectivity index (χ3n) is 3.66. The molecule has 0 saturated carbocycles. The van der Waals surface area contributed by atoms with Gasteiger partial charge in [-0.1, -0.05) is 0 Å². The van der Waals surface area contributed by atoms with Crippen molar-refractivity contribution in [3.8, 4) is 17.0 Å². The summed E-state index contributed by atoms with van der Waals surface area (Å²) in [6.07, 6.45) is 3.22. The van der Waals surface area contributed by atoms with Gasteiger partial charge in [0.2, 0.25) is 0 Å². The molecule has 3 aromatic rings. The highest BCUT2D eigenvalue weighted by Gasteiger charge is 2.09. The molecule has 0 bridgehead atoms. The molecule has 3 amide bonds. The highest BCUT2D eigenvalue weighted by Crippen LogP contribution is 2.23. The molecule has 2 N–H and O–H groups in total. The predicted molar refractivity (Wildman–Crippen MR) is 98.4 cm³/mol. The van der Waals surface area contributed by atoms with E-state index < -0.39 is 6.09 Å². The first-order valence-corrected chi connectivity index (χ1v) is 7.93. The molecule has 8 nitrogen and oxygen atoms in total. The maximum atomic E-state index is 11.6. The molecule has 0 aliphatic rings. The quantitative estimate of drug-likeness (QED) is 0.758. The number of rotatable bonds is 3. The number of hydrogen-bond acceptors (Lipinski definition) is 4. The summed E-state index contributed by atoms with van der Waals surface area (Å²) in [7, 11) is 4.81. The Morgan fingerprint density at radius 3 is 2.46 bits per heavy atom. The van der Waals surface area contributed by atoms with Crippen LogP contribution in [0, 0.1) is 0 Å². The highest BCUT2D eigenvalue weighted by molar-refractivity contribution is 5.89. The van der Waals surface area contributed by atoms with Gasteiger partial charge >= 0.3 is 12.1 Å². The third kappa shape index (κ3) is 3.75. The number of pyridine rings is 1. The minimum absolute atomic E-state index is 0.285. The Hall–Kier alpha value is -3.55. The van der Waals surface area contributed by atoms with E-state index in [2.05, 4.69) is 15.6 Å². The van der Waals surface area contributed by atoms with E-state index in [1.807, 2.05) is 28.8 Å². The van der Waals surface area contributed by atoms with Gasteiger partial charge in [0.05, 0.1) is 11.4 Å². The smallest absolute Gasteiger partial charge is 0.410 e. The maximum absolute atomic E-state index is 11.6. The number of amides is 3. The number of ether oxygens (including phenoxy) is 1. The number of fused-ring (bicyclic) bond motifs is 1. The maximum Gasteiger partial charge on any atom is 0.414 e. The van der Waals surface area contributed by atoms with E-state index in [4.69, 9.17) is 4.74 Å². The number of carbonyl (C=O) groups is 2. The lowest BCUT2D eigenvalue weighted by Gasteiger charge is -2.10. The fraction of sp³-hybridized carbons (Fsp3) is 0.167. The Balaban J connectivity index is 1.81. The van der Waals surface area contributed by atoms with Crippen molar-refractivity contribution in [1.29, 1.82) is 0 Å². The van der Waals surface area contributed by atoms with Crippen molar-refractivity contribution < 1.29 is 14.3 Å². The number of nitrogens with one attached hydrogen (secondary N) is 2. The molecule has 0 unspecified atom stereocenters. The lowest BCUT2D eigenvalue weighted by Crippen LogP contribution is -2.25. The van der Waals surface area contributed by atoms with E-state index in [9.17, 15) is 9.59 Å². The molecule has 1 aromatic carbocycles. The van der Waals surface area contributed by atoms with Gasteiger partial charge in [-0.3, -0.25) is 0 Å². The normalized spacial score (nSPS) is 10.4. The van der Waals surface area contributed by atoms with Gasteiger partial charge in [0.15, 0.2) is 0 Å². The molecule has 0 aliphatic heterocycles. The van der Waals surface area contributed by atoms with Gasteiger partial charge in [-0.15, -0.1) is 0 Å². The van der Waals surface area contributed by atoms with Crippen LogP contribution in [0.15, 0.2) is 48.8 Å². The van der Waals surface area contributed by atoms with Crippen LogP contribution in [0.5, 0.6) is 5.75 Å². The summed E-state index contributed by atoms with van der Waals surface area (Å²) in [6.45, 7) is 0. The monoisotopic (exact) mass is 353 g/mol. The van der Waals surface area contributed by atoms with Crippen molar-refractivity contribution in [1.82, 2.24) is 19.6 Å². The zero-order valence-corrected chi connectivity index (χ0v) is 14.7. The number of urea groups is 1. The molecule has 0 saturated heterocycles. The van der Waals surface area contributed by atoms with Crippen LogP contribution >= 0.6 is 0 Å². The lowest BCUT2D eigenvalue weighted by atomic mass is 10.2. The Labute approximate surface area is 150 Å². The van der Waals surface area contributed by atoms with E-state index in [-0.39, 0.29) is 6.03 Å². The second kappa shape index (κ2) is 7.14. The van der Waals surface area contributed by atoms with E-state index in [1.54, 1.807) is 45.5 Å².